The molecule has 0 radical (unpaired) electrons. The fraction of sp³-hybridized carbons (Fsp3) is 0.615. The first-order valence-corrected chi connectivity index (χ1v) is 7.03. The standard InChI is InChI=1S/C13H20N2OS/c1-8-4-3-5-10(8)7-15-13(16)12-6-11(14)9(2)17-12/h6,8,10H,3-5,7,14H2,1-2H3,(H,15,16). The quantitative estimate of drug-likeness (QED) is 0.869. The molecule has 4 heteroatoms. The van der Waals surface area contributed by atoms with Gasteiger partial charge in [-0.1, -0.05) is 19.8 Å². The van der Waals surface area contributed by atoms with Gasteiger partial charge in [0, 0.05) is 17.1 Å². The average Bonchev–Trinajstić information content (AvgIpc) is 2.83. The molecule has 2 rings (SSSR count). The van der Waals surface area contributed by atoms with Crippen molar-refractivity contribution < 1.29 is 4.79 Å². The van der Waals surface area contributed by atoms with E-state index in [2.05, 4.69) is 12.2 Å². The van der Waals surface area contributed by atoms with Gasteiger partial charge in [0.1, 0.15) is 0 Å². The summed E-state index contributed by atoms with van der Waals surface area (Å²) < 4.78 is 0. The van der Waals surface area contributed by atoms with Crippen LogP contribution in [0.2, 0.25) is 0 Å². The van der Waals surface area contributed by atoms with Crippen LogP contribution in [0.15, 0.2) is 6.07 Å². The van der Waals surface area contributed by atoms with Crippen LogP contribution in [0.1, 0.15) is 40.7 Å². The van der Waals surface area contributed by atoms with Gasteiger partial charge >= 0.3 is 0 Å². The second-order valence-corrected chi connectivity index (χ2v) is 6.26. The summed E-state index contributed by atoms with van der Waals surface area (Å²) >= 11 is 1.47. The van der Waals surface area contributed by atoms with Crippen molar-refractivity contribution >= 4 is 22.9 Å². The van der Waals surface area contributed by atoms with Crippen LogP contribution in [0.5, 0.6) is 0 Å². The molecule has 2 unspecified atom stereocenters. The molecule has 2 atom stereocenters. The minimum atomic E-state index is 0.0221. The zero-order valence-electron chi connectivity index (χ0n) is 10.5. The van der Waals surface area contributed by atoms with Crippen molar-refractivity contribution in [3.63, 3.8) is 0 Å². The predicted molar refractivity (Wildman–Crippen MR) is 72.3 cm³/mol. The van der Waals surface area contributed by atoms with E-state index in [1.807, 2.05) is 6.92 Å². The summed E-state index contributed by atoms with van der Waals surface area (Å²) in [6.45, 7) is 5.02. The Bertz CT molecular complexity index is 394. The van der Waals surface area contributed by atoms with E-state index in [0.29, 0.717) is 5.92 Å². The number of carbonyl (C=O) groups is 1. The number of aryl methyl sites for hydroxylation is 1. The van der Waals surface area contributed by atoms with Gasteiger partial charge in [0.25, 0.3) is 5.91 Å². The topological polar surface area (TPSA) is 55.1 Å². The first kappa shape index (κ1) is 12.4. The van der Waals surface area contributed by atoms with Gasteiger partial charge < -0.3 is 11.1 Å². The van der Waals surface area contributed by atoms with Gasteiger partial charge in [0.15, 0.2) is 0 Å². The number of rotatable bonds is 3. The van der Waals surface area contributed by atoms with Crippen LogP contribution in [0.25, 0.3) is 0 Å². The molecule has 3 N–H and O–H groups in total. The van der Waals surface area contributed by atoms with Crippen LogP contribution in [0.4, 0.5) is 5.69 Å². The van der Waals surface area contributed by atoms with E-state index in [4.69, 9.17) is 5.73 Å². The molecule has 0 bridgehead atoms. The minimum Gasteiger partial charge on any atom is -0.398 e. The zero-order valence-corrected chi connectivity index (χ0v) is 11.3. The van der Waals surface area contributed by atoms with Crippen LogP contribution in [0, 0.1) is 18.8 Å². The van der Waals surface area contributed by atoms with Gasteiger partial charge in [-0.15, -0.1) is 11.3 Å². The third-order valence-electron chi connectivity index (χ3n) is 3.74. The molecule has 1 aliphatic rings. The summed E-state index contributed by atoms with van der Waals surface area (Å²) in [4.78, 5) is 13.7. The molecule has 1 heterocycles. The Kier molecular flexibility index (Phi) is 3.72. The Labute approximate surface area is 106 Å². The highest BCUT2D eigenvalue weighted by Gasteiger charge is 2.23. The number of nitrogens with one attached hydrogen (secondary N) is 1. The number of anilines is 1. The SMILES string of the molecule is Cc1sc(C(=O)NCC2CCCC2C)cc1N. The first-order valence-electron chi connectivity index (χ1n) is 6.22. The summed E-state index contributed by atoms with van der Waals surface area (Å²) in [5.41, 5.74) is 6.47. The highest BCUT2D eigenvalue weighted by Crippen LogP contribution is 2.30. The van der Waals surface area contributed by atoms with E-state index >= 15 is 0 Å². The summed E-state index contributed by atoms with van der Waals surface area (Å²) in [6.07, 6.45) is 3.84. The Morgan fingerprint density at radius 3 is 2.88 bits per heavy atom. The van der Waals surface area contributed by atoms with Crippen molar-refractivity contribution in [1.82, 2.24) is 5.32 Å². The fourth-order valence-electron chi connectivity index (χ4n) is 2.44. The van der Waals surface area contributed by atoms with Gasteiger partial charge in [-0.25, -0.2) is 0 Å². The van der Waals surface area contributed by atoms with E-state index in [1.165, 1.54) is 30.6 Å². The molecule has 3 nitrogen and oxygen atoms in total. The van der Waals surface area contributed by atoms with Crippen LogP contribution in [-0.4, -0.2) is 12.5 Å². The van der Waals surface area contributed by atoms with Crippen LogP contribution < -0.4 is 11.1 Å². The van der Waals surface area contributed by atoms with E-state index < -0.39 is 0 Å². The molecular formula is C13H20N2OS. The molecule has 17 heavy (non-hydrogen) atoms. The van der Waals surface area contributed by atoms with E-state index in [-0.39, 0.29) is 5.91 Å². The van der Waals surface area contributed by atoms with Gasteiger partial charge in [-0.2, -0.15) is 0 Å². The van der Waals surface area contributed by atoms with Crippen molar-refractivity contribution in [2.75, 3.05) is 12.3 Å². The Morgan fingerprint density at radius 1 is 1.59 bits per heavy atom. The third kappa shape index (κ3) is 2.80. The number of nitrogen functional groups attached to an aromatic ring is 1. The van der Waals surface area contributed by atoms with E-state index in [9.17, 15) is 4.79 Å². The molecule has 94 valence electrons. The highest BCUT2D eigenvalue weighted by molar-refractivity contribution is 7.14. The lowest BCUT2D eigenvalue weighted by atomic mass is 9.98. The normalized spacial score (nSPS) is 23.9. The Hall–Kier alpha value is -1.03. The first-order chi connectivity index (χ1) is 8.08. The molecule has 1 aromatic heterocycles. The summed E-state index contributed by atoms with van der Waals surface area (Å²) in [6, 6.07) is 1.77. The number of hydrogen-bond donors (Lipinski definition) is 2. The lowest BCUT2D eigenvalue weighted by molar-refractivity contribution is 0.0948. The fourth-order valence-corrected chi connectivity index (χ4v) is 3.30. The number of carbonyl (C=O) groups excluding carboxylic acids is 1. The maximum atomic E-state index is 11.9. The van der Waals surface area contributed by atoms with Gasteiger partial charge in [-0.3, -0.25) is 4.79 Å². The van der Waals surface area contributed by atoms with Gasteiger partial charge in [-0.05, 0) is 31.2 Å². The molecule has 1 saturated carbocycles. The van der Waals surface area contributed by atoms with Gasteiger partial charge in [0.05, 0.1) is 4.88 Å². The molecule has 0 spiro atoms. The van der Waals surface area contributed by atoms with Crippen LogP contribution >= 0.6 is 11.3 Å². The van der Waals surface area contributed by atoms with E-state index in [1.54, 1.807) is 6.07 Å². The second kappa shape index (κ2) is 5.08. The predicted octanol–water partition coefficient (Wildman–Crippen LogP) is 2.80. The lowest BCUT2D eigenvalue weighted by Crippen LogP contribution is -2.29. The monoisotopic (exact) mass is 252 g/mol. The molecule has 1 aliphatic carbocycles. The number of thiophene rings is 1. The zero-order chi connectivity index (χ0) is 12.4. The maximum absolute atomic E-state index is 11.9. The second-order valence-electron chi connectivity index (χ2n) is 5.00. The minimum absolute atomic E-state index is 0.0221. The molecule has 1 amide bonds. The number of hydrogen-bond acceptors (Lipinski definition) is 3. The largest absolute Gasteiger partial charge is 0.398 e. The molecule has 1 fully saturated rings. The number of nitrogens with two attached hydrogens (primary N) is 1. The van der Waals surface area contributed by atoms with Crippen LogP contribution in [-0.2, 0) is 0 Å². The van der Waals surface area contributed by atoms with Crippen molar-refractivity contribution in [2.45, 2.75) is 33.1 Å². The van der Waals surface area contributed by atoms with Gasteiger partial charge in [0.2, 0.25) is 0 Å². The summed E-state index contributed by atoms with van der Waals surface area (Å²) in [7, 11) is 0. The van der Waals surface area contributed by atoms with E-state index in [0.717, 1.165) is 27.9 Å². The average molecular weight is 252 g/mol. The molecule has 1 aromatic rings. The molecule has 0 aliphatic heterocycles. The van der Waals surface area contributed by atoms with Crippen LogP contribution in [0.3, 0.4) is 0 Å². The summed E-state index contributed by atoms with van der Waals surface area (Å²) in [5, 5.41) is 3.03. The van der Waals surface area contributed by atoms with Crippen molar-refractivity contribution in [2.24, 2.45) is 11.8 Å². The van der Waals surface area contributed by atoms with Crippen molar-refractivity contribution in [3.8, 4) is 0 Å². The lowest BCUT2D eigenvalue weighted by Gasteiger charge is -2.15. The van der Waals surface area contributed by atoms with Crippen molar-refractivity contribution in [3.05, 3.63) is 15.8 Å². The molecule has 0 aromatic carbocycles. The summed E-state index contributed by atoms with van der Waals surface area (Å²) in [5.74, 6) is 1.41. The maximum Gasteiger partial charge on any atom is 0.261 e. The van der Waals surface area contributed by atoms with Crippen molar-refractivity contribution in [1.29, 1.82) is 0 Å². The Balaban J connectivity index is 1.89. The molecule has 0 saturated heterocycles. The molecular weight excluding hydrogens is 232 g/mol. The third-order valence-corrected chi connectivity index (χ3v) is 4.81. The number of amides is 1. The smallest absolute Gasteiger partial charge is 0.261 e. The highest BCUT2D eigenvalue weighted by atomic mass is 32.1. The Morgan fingerprint density at radius 2 is 2.35 bits per heavy atom.